The molecule has 88 valence electrons. The molecule has 2 atom stereocenters. The Morgan fingerprint density at radius 3 is 2.81 bits per heavy atom. The number of carbonyl (C=O) groups is 2. The molecular formula is C12H17NO3. The molecule has 0 radical (unpaired) electrons. The molecule has 3 rings (SSSR count). The molecule has 1 aliphatic carbocycles. The van der Waals surface area contributed by atoms with Gasteiger partial charge in [-0.15, -0.1) is 0 Å². The predicted octanol–water partition coefficient (Wildman–Crippen LogP) is 0.950. The lowest BCUT2D eigenvalue weighted by molar-refractivity contribution is -0.149. The van der Waals surface area contributed by atoms with Crippen molar-refractivity contribution >= 4 is 11.9 Å². The highest BCUT2D eigenvalue weighted by atomic mass is 16.5. The highest BCUT2D eigenvalue weighted by Crippen LogP contribution is 2.59. The zero-order valence-electron chi connectivity index (χ0n) is 9.57. The van der Waals surface area contributed by atoms with Crippen molar-refractivity contribution in [3.8, 4) is 0 Å². The van der Waals surface area contributed by atoms with Crippen LogP contribution in [-0.2, 0) is 14.3 Å². The largest absolute Gasteiger partial charge is 0.469 e. The average molecular weight is 223 g/mol. The fourth-order valence-electron chi connectivity index (χ4n) is 3.43. The number of methoxy groups -OCH3 is 1. The number of rotatable bonds is 1. The van der Waals surface area contributed by atoms with E-state index < -0.39 is 0 Å². The van der Waals surface area contributed by atoms with Gasteiger partial charge in [-0.05, 0) is 31.1 Å². The van der Waals surface area contributed by atoms with Crippen molar-refractivity contribution in [2.75, 3.05) is 13.7 Å². The second-order valence-electron chi connectivity index (χ2n) is 5.40. The molecule has 0 aromatic heterocycles. The van der Waals surface area contributed by atoms with E-state index in [1.807, 2.05) is 4.90 Å². The number of piperidine rings is 1. The van der Waals surface area contributed by atoms with E-state index in [-0.39, 0.29) is 17.8 Å². The van der Waals surface area contributed by atoms with Gasteiger partial charge in [0.15, 0.2) is 0 Å². The Balaban J connectivity index is 1.76. The zero-order valence-corrected chi connectivity index (χ0v) is 9.57. The van der Waals surface area contributed by atoms with Gasteiger partial charge < -0.3 is 9.64 Å². The SMILES string of the molecule is COC(=O)C1CCC2N(C1)C(=O)CC21CC1. The number of nitrogens with zero attached hydrogens (tertiary/aromatic N) is 1. The van der Waals surface area contributed by atoms with Gasteiger partial charge in [-0.2, -0.15) is 0 Å². The molecule has 0 aromatic rings. The molecule has 0 bridgehead atoms. The molecule has 2 unspecified atom stereocenters. The van der Waals surface area contributed by atoms with Crippen LogP contribution in [0.1, 0.15) is 32.1 Å². The zero-order chi connectivity index (χ0) is 11.3. The summed E-state index contributed by atoms with van der Waals surface area (Å²) in [5, 5.41) is 0. The lowest BCUT2D eigenvalue weighted by Crippen LogP contribution is -2.46. The first-order chi connectivity index (χ1) is 7.66. The minimum Gasteiger partial charge on any atom is -0.469 e. The summed E-state index contributed by atoms with van der Waals surface area (Å²) in [5.74, 6) is -0.0156. The van der Waals surface area contributed by atoms with Crippen LogP contribution in [0.5, 0.6) is 0 Å². The van der Waals surface area contributed by atoms with Crippen LogP contribution >= 0.6 is 0 Å². The summed E-state index contributed by atoms with van der Waals surface area (Å²) in [6.45, 7) is 0.581. The first-order valence-electron chi connectivity index (χ1n) is 6.03. The quantitative estimate of drug-likeness (QED) is 0.622. The highest BCUT2D eigenvalue weighted by molar-refractivity contribution is 5.82. The molecule has 16 heavy (non-hydrogen) atoms. The Bertz CT molecular complexity index is 348. The van der Waals surface area contributed by atoms with Crippen molar-refractivity contribution in [3.05, 3.63) is 0 Å². The van der Waals surface area contributed by atoms with E-state index in [4.69, 9.17) is 4.74 Å². The smallest absolute Gasteiger partial charge is 0.310 e. The van der Waals surface area contributed by atoms with Crippen molar-refractivity contribution in [1.29, 1.82) is 0 Å². The fourth-order valence-corrected chi connectivity index (χ4v) is 3.43. The van der Waals surface area contributed by atoms with E-state index in [2.05, 4.69) is 0 Å². The number of esters is 1. The van der Waals surface area contributed by atoms with Crippen LogP contribution in [0.2, 0.25) is 0 Å². The molecule has 1 amide bonds. The molecule has 2 heterocycles. The third-order valence-electron chi connectivity index (χ3n) is 4.54. The summed E-state index contributed by atoms with van der Waals surface area (Å²) >= 11 is 0. The lowest BCUT2D eigenvalue weighted by Gasteiger charge is -2.36. The summed E-state index contributed by atoms with van der Waals surface area (Å²) in [5.41, 5.74) is 0.304. The van der Waals surface area contributed by atoms with Crippen molar-refractivity contribution in [3.63, 3.8) is 0 Å². The number of hydrogen-bond acceptors (Lipinski definition) is 3. The van der Waals surface area contributed by atoms with Gasteiger partial charge in [0.1, 0.15) is 0 Å². The maximum Gasteiger partial charge on any atom is 0.310 e. The number of hydrogen-bond donors (Lipinski definition) is 0. The van der Waals surface area contributed by atoms with Crippen LogP contribution in [0.4, 0.5) is 0 Å². The summed E-state index contributed by atoms with van der Waals surface area (Å²) in [6, 6.07) is 0.418. The van der Waals surface area contributed by atoms with Gasteiger partial charge in [-0.3, -0.25) is 9.59 Å². The number of fused-ring (bicyclic) bond motifs is 2. The molecule has 4 nitrogen and oxygen atoms in total. The van der Waals surface area contributed by atoms with E-state index in [0.29, 0.717) is 24.4 Å². The van der Waals surface area contributed by atoms with E-state index in [1.165, 1.54) is 20.0 Å². The van der Waals surface area contributed by atoms with Crippen LogP contribution in [0.25, 0.3) is 0 Å². The first kappa shape index (κ1) is 10.1. The summed E-state index contributed by atoms with van der Waals surface area (Å²) in [7, 11) is 1.42. The van der Waals surface area contributed by atoms with Crippen LogP contribution in [-0.4, -0.2) is 36.5 Å². The molecule has 1 saturated carbocycles. The molecular weight excluding hydrogens is 206 g/mol. The average Bonchev–Trinajstić information content (AvgIpc) is 3.01. The number of amides is 1. The second kappa shape index (κ2) is 3.22. The Kier molecular flexibility index (Phi) is 2.03. The Hall–Kier alpha value is -1.06. The normalized spacial score (nSPS) is 35.1. The summed E-state index contributed by atoms with van der Waals surface area (Å²) in [4.78, 5) is 25.3. The first-order valence-corrected chi connectivity index (χ1v) is 6.03. The van der Waals surface area contributed by atoms with Gasteiger partial charge in [0, 0.05) is 19.0 Å². The molecule has 2 saturated heterocycles. The summed E-state index contributed by atoms with van der Waals surface area (Å²) in [6.07, 6.45) is 4.96. The maximum absolute atomic E-state index is 11.9. The topological polar surface area (TPSA) is 46.6 Å². The standard InChI is InChI=1S/C12H17NO3/c1-16-11(15)8-2-3-9-12(4-5-12)6-10(14)13(9)7-8/h8-9H,2-7H2,1H3. The predicted molar refractivity (Wildman–Crippen MR) is 56.5 cm³/mol. The van der Waals surface area contributed by atoms with Crippen LogP contribution in [0.15, 0.2) is 0 Å². The van der Waals surface area contributed by atoms with Crippen LogP contribution in [0.3, 0.4) is 0 Å². The van der Waals surface area contributed by atoms with E-state index in [0.717, 1.165) is 12.8 Å². The highest BCUT2D eigenvalue weighted by Gasteiger charge is 2.60. The maximum atomic E-state index is 11.9. The third kappa shape index (κ3) is 1.28. The molecule has 2 aliphatic heterocycles. The third-order valence-corrected chi connectivity index (χ3v) is 4.54. The Labute approximate surface area is 94.9 Å². The molecule has 3 aliphatic rings. The minimum absolute atomic E-state index is 0.0981. The minimum atomic E-state index is -0.164. The van der Waals surface area contributed by atoms with Gasteiger partial charge in [0.25, 0.3) is 0 Å². The van der Waals surface area contributed by atoms with Crippen molar-refractivity contribution in [2.45, 2.75) is 38.1 Å². The second-order valence-corrected chi connectivity index (χ2v) is 5.40. The Morgan fingerprint density at radius 1 is 1.44 bits per heavy atom. The molecule has 1 spiro atoms. The Morgan fingerprint density at radius 2 is 2.19 bits per heavy atom. The lowest BCUT2D eigenvalue weighted by atomic mass is 9.86. The van der Waals surface area contributed by atoms with Crippen molar-refractivity contribution in [2.24, 2.45) is 11.3 Å². The number of carbonyl (C=O) groups excluding carboxylic acids is 2. The van der Waals surface area contributed by atoms with Gasteiger partial charge in [-0.1, -0.05) is 0 Å². The summed E-state index contributed by atoms with van der Waals surface area (Å²) < 4.78 is 4.76. The van der Waals surface area contributed by atoms with E-state index >= 15 is 0 Å². The van der Waals surface area contributed by atoms with Gasteiger partial charge in [-0.25, -0.2) is 0 Å². The van der Waals surface area contributed by atoms with Gasteiger partial charge in [0.2, 0.25) is 5.91 Å². The van der Waals surface area contributed by atoms with E-state index in [9.17, 15) is 9.59 Å². The molecule has 0 aromatic carbocycles. The van der Waals surface area contributed by atoms with Crippen LogP contribution in [0, 0.1) is 11.3 Å². The van der Waals surface area contributed by atoms with Gasteiger partial charge >= 0.3 is 5.97 Å². The molecule has 4 heteroatoms. The molecule has 3 fully saturated rings. The van der Waals surface area contributed by atoms with E-state index in [1.54, 1.807) is 0 Å². The fraction of sp³-hybridized carbons (Fsp3) is 0.833. The van der Waals surface area contributed by atoms with Crippen molar-refractivity contribution in [1.82, 2.24) is 4.90 Å². The van der Waals surface area contributed by atoms with Gasteiger partial charge in [0.05, 0.1) is 13.0 Å². The van der Waals surface area contributed by atoms with Crippen molar-refractivity contribution < 1.29 is 14.3 Å². The van der Waals surface area contributed by atoms with Crippen LogP contribution < -0.4 is 0 Å². The number of ether oxygens (including phenoxy) is 1. The monoisotopic (exact) mass is 223 g/mol. The molecule has 0 N–H and O–H groups in total.